The molecule has 0 amide bonds. The first kappa shape index (κ1) is 79.1. The maximum absolute atomic E-state index is 2.38. The highest BCUT2D eigenvalue weighted by Crippen LogP contribution is 2.44. The maximum atomic E-state index is 2.38. The minimum absolute atomic E-state index is 1.09. The first-order valence-electron chi connectivity index (χ1n) is 45.2. The number of hydrogen-bond donors (Lipinski definition) is 0. The molecule has 0 saturated carbocycles. The summed E-state index contributed by atoms with van der Waals surface area (Å²) in [6.07, 6.45) is 0. The van der Waals surface area contributed by atoms with Crippen LogP contribution < -0.4 is 9.80 Å². The van der Waals surface area contributed by atoms with E-state index in [0.717, 1.165) is 45.3 Å². The Bertz CT molecular complexity index is 7570. The summed E-state index contributed by atoms with van der Waals surface area (Å²) >= 11 is 0. The standard InChI is InChI=1S/C60H44N2.C36H24N2.C30H20N2/c1-5-13-45(14-6-1)49-21-33-55(34-22-49)61(56-35-23-50(24-36-56)46-15-7-2-8-16-46)59-41-29-53(30-42-59)54-31-43-60(44-32-54)62(57-37-25-51(26-38-57)47-17-9-3-10-18-47)58-39-27-52(28-40-58)48-19-11-4-12-20-48;1-5-19-33-29(15-1)30-16-2-6-20-34(30)37(33)27-13-9-11-25(23-27)26-12-10-14-28(24-26)38-35-21-7-3-17-31(35)32-18-4-8-22-36(32)38;1-5-16-27-23(12-1)24-13-2-6-17-28(24)31(27)21-10-9-11-22(20-21)32-29-18-7-3-14-25(29)26-15-4-8-19-30(26)32/h1-44H;1-24H;1-20H. The fraction of sp³-hybridized carbons (Fsp3) is 0. The van der Waals surface area contributed by atoms with E-state index in [1.807, 2.05) is 0 Å². The van der Waals surface area contributed by atoms with Gasteiger partial charge in [-0.1, -0.05) is 370 Å². The molecule has 0 bridgehead atoms. The Hall–Kier alpha value is -17.6. The van der Waals surface area contributed by atoms with Crippen molar-refractivity contribution in [3.63, 3.8) is 0 Å². The molecule has 0 saturated heterocycles. The molecule has 0 aliphatic rings. The third-order valence-electron chi connectivity index (χ3n) is 25.7. The van der Waals surface area contributed by atoms with Gasteiger partial charge in [0.1, 0.15) is 0 Å². The van der Waals surface area contributed by atoms with Gasteiger partial charge in [0.15, 0.2) is 0 Å². The average Bonchev–Trinajstić information content (AvgIpc) is 1.55. The van der Waals surface area contributed by atoms with Crippen LogP contribution in [-0.2, 0) is 0 Å². The Kier molecular flexibility index (Phi) is 21.0. The zero-order valence-electron chi connectivity index (χ0n) is 72.5. The summed E-state index contributed by atoms with van der Waals surface area (Å²) < 4.78 is 9.51. The second kappa shape index (κ2) is 35.0. The van der Waals surface area contributed by atoms with Crippen LogP contribution >= 0.6 is 0 Å². The highest BCUT2D eigenvalue weighted by Gasteiger charge is 2.22. The van der Waals surface area contributed by atoms with Gasteiger partial charge < -0.3 is 28.1 Å². The highest BCUT2D eigenvalue weighted by molar-refractivity contribution is 6.13. The van der Waals surface area contributed by atoms with Gasteiger partial charge in [-0.3, -0.25) is 0 Å². The molecule has 0 aliphatic carbocycles. The van der Waals surface area contributed by atoms with Gasteiger partial charge in [-0.15, -0.1) is 0 Å². The summed E-state index contributed by atoms with van der Waals surface area (Å²) in [5.74, 6) is 0. The van der Waals surface area contributed by atoms with Crippen LogP contribution in [0.1, 0.15) is 0 Å². The first-order valence-corrected chi connectivity index (χ1v) is 45.2. The number of fused-ring (bicyclic) bond motifs is 12. The predicted molar refractivity (Wildman–Crippen MR) is 559 cm³/mol. The predicted octanol–water partition coefficient (Wildman–Crippen LogP) is 34.4. The molecule has 4 heterocycles. The lowest BCUT2D eigenvalue weighted by atomic mass is 10.0. The van der Waals surface area contributed by atoms with Crippen LogP contribution in [0.3, 0.4) is 0 Å². The van der Waals surface area contributed by atoms with Crippen molar-refractivity contribution in [3.8, 4) is 89.5 Å². The van der Waals surface area contributed by atoms with Gasteiger partial charge in [-0.2, -0.15) is 0 Å². The number of rotatable bonds is 16. The second-order valence-corrected chi connectivity index (χ2v) is 33.5. The van der Waals surface area contributed by atoms with Gasteiger partial charge >= 0.3 is 0 Å². The molecule has 0 radical (unpaired) electrons. The van der Waals surface area contributed by atoms with E-state index in [4.69, 9.17) is 0 Å². The number of hydrogen-bond acceptors (Lipinski definition) is 2. The minimum atomic E-state index is 1.09. The third kappa shape index (κ3) is 15.1. The fourth-order valence-corrected chi connectivity index (χ4v) is 19.5. The van der Waals surface area contributed by atoms with Crippen LogP contribution in [0.15, 0.2) is 534 Å². The lowest BCUT2D eigenvalue weighted by Crippen LogP contribution is -2.10. The zero-order chi connectivity index (χ0) is 87.6. The molecule has 622 valence electrons. The number of anilines is 6. The monoisotopic (exact) mass is 1680 g/mol. The topological polar surface area (TPSA) is 26.2 Å². The molecule has 0 atom stereocenters. The number of benzene rings is 21. The zero-order valence-corrected chi connectivity index (χ0v) is 72.5. The summed E-state index contributed by atoms with van der Waals surface area (Å²) in [7, 11) is 0. The van der Waals surface area contributed by atoms with Crippen LogP contribution in [0, 0.1) is 0 Å². The summed E-state index contributed by atoms with van der Waals surface area (Å²) in [4.78, 5) is 4.67. The van der Waals surface area contributed by atoms with E-state index in [9.17, 15) is 0 Å². The molecule has 25 aromatic rings. The smallest absolute Gasteiger partial charge is 0.0541 e. The SMILES string of the molecule is c1cc(-c2cccc(-n3c4ccccc4c4ccccc43)c2)cc(-n2c3ccccc3c3ccccc32)c1.c1cc(-n2c3ccccc3c3ccccc32)cc(-n2c3ccccc3c3ccccc32)c1.c1ccc(-c2ccc(N(c3ccc(-c4ccccc4)cc3)c3ccc(-c4ccc(N(c5ccc(-c6ccccc6)cc5)c5ccc(-c6ccccc6)cc5)cc4)cc3)cc2)cc1. The molecule has 0 unspecified atom stereocenters. The average molecular weight is 1690 g/mol. The van der Waals surface area contributed by atoms with Gasteiger partial charge in [-0.25, -0.2) is 0 Å². The molecule has 0 N–H and O–H groups in total. The van der Waals surface area contributed by atoms with E-state index in [0.29, 0.717) is 0 Å². The summed E-state index contributed by atoms with van der Waals surface area (Å²) in [6, 6.07) is 191. The molecule has 132 heavy (non-hydrogen) atoms. The molecule has 6 nitrogen and oxygen atoms in total. The Morgan fingerprint density at radius 3 is 0.439 bits per heavy atom. The van der Waals surface area contributed by atoms with E-state index < -0.39 is 0 Å². The lowest BCUT2D eigenvalue weighted by Gasteiger charge is -2.27. The van der Waals surface area contributed by atoms with Crippen LogP contribution in [0.2, 0.25) is 0 Å². The van der Waals surface area contributed by atoms with Crippen LogP contribution in [0.5, 0.6) is 0 Å². The van der Waals surface area contributed by atoms with Crippen LogP contribution in [-0.4, -0.2) is 18.3 Å². The van der Waals surface area contributed by atoms with E-state index in [-0.39, 0.29) is 0 Å². The quantitative estimate of drug-likeness (QED) is 0.0964. The first-order chi connectivity index (χ1) is 65.5. The number of nitrogens with zero attached hydrogens (tertiary/aromatic N) is 6. The Balaban J connectivity index is 0.000000120. The molecule has 0 aliphatic heterocycles. The van der Waals surface area contributed by atoms with Crippen molar-refractivity contribution in [2.45, 2.75) is 0 Å². The lowest BCUT2D eigenvalue weighted by molar-refractivity contribution is 1.13. The van der Waals surface area contributed by atoms with E-state index >= 15 is 0 Å². The van der Waals surface area contributed by atoms with E-state index in [2.05, 4.69) is 562 Å². The molecule has 0 spiro atoms. The second-order valence-electron chi connectivity index (χ2n) is 33.5. The van der Waals surface area contributed by atoms with Gasteiger partial charge in [0.2, 0.25) is 0 Å². The van der Waals surface area contributed by atoms with Crippen LogP contribution in [0.4, 0.5) is 34.1 Å². The summed E-state index contributed by atoms with van der Waals surface area (Å²) in [6.45, 7) is 0. The Morgan fingerprint density at radius 1 is 0.106 bits per heavy atom. The Morgan fingerprint density at radius 2 is 0.250 bits per heavy atom. The summed E-state index contributed by atoms with van der Waals surface area (Å²) in [5, 5.41) is 10.2. The van der Waals surface area contributed by atoms with Crippen molar-refractivity contribution in [1.29, 1.82) is 0 Å². The Labute approximate surface area is 767 Å². The molecule has 25 rings (SSSR count). The number of para-hydroxylation sites is 8. The van der Waals surface area contributed by atoms with Crippen molar-refractivity contribution in [1.82, 2.24) is 18.3 Å². The molecule has 4 aromatic heterocycles. The fourth-order valence-electron chi connectivity index (χ4n) is 19.5. The van der Waals surface area contributed by atoms with E-state index in [1.54, 1.807) is 0 Å². The van der Waals surface area contributed by atoms with Crippen molar-refractivity contribution in [2.75, 3.05) is 9.80 Å². The molecule has 0 fully saturated rings. The maximum Gasteiger partial charge on any atom is 0.0541 e. The molecule has 6 heteroatoms. The highest BCUT2D eigenvalue weighted by atomic mass is 15.1. The third-order valence-corrected chi connectivity index (χ3v) is 25.7. The number of aromatic nitrogens is 4. The normalized spacial score (nSPS) is 11.3. The van der Waals surface area contributed by atoms with Crippen molar-refractivity contribution in [2.24, 2.45) is 0 Å². The van der Waals surface area contributed by atoms with Gasteiger partial charge in [0, 0.05) is 100.0 Å². The molecular formula is C126H88N6. The van der Waals surface area contributed by atoms with Crippen molar-refractivity contribution >= 4 is 121 Å². The molecule has 21 aromatic carbocycles. The van der Waals surface area contributed by atoms with Crippen molar-refractivity contribution < 1.29 is 0 Å². The molecular weight excluding hydrogens is 1600 g/mol. The summed E-state index contributed by atoms with van der Waals surface area (Å²) in [5.41, 5.74) is 35.4. The van der Waals surface area contributed by atoms with Gasteiger partial charge in [-0.05, 0) is 231 Å². The minimum Gasteiger partial charge on any atom is -0.311 e. The van der Waals surface area contributed by atoms with Gasteiger partial charge in [0.05, 0.1) is 44.1 Å². The van der Waals surface area contributed by atoms with Crippen molar-refractivity contribution in [3.05, 3.63) is 534 Å². The van der Waals surface area contributed by atoms with E-state index in [1.165, 1.54) is 166 Å². The largest absolute Gasteiger partial charge is 0.311 e. The van der Waals surface area contributed by atoms with Gasteiger partial charge in [0.25, 0.3) is 0 Å². The van der Waals surface area contributed by atoms with Crippen LogP contribution in [0.25, 0.3) is 177 Å².